The van der Waals surface area contributed by atoms with Gasteiger partial charge in [0, 0.05) is 17.1 Å². The Kier molecular flexibility index (Phi) is 6.45. The molecule has 2 atom stereocenters. The molecule has 1 aromatic carbocycles. The molecule has 118 valence electrons. The Hall–Kier alpha value is -0.650. The first-order valence-electron chi connectivity index (χ1n) is 7.48. The Morgan fingerprint density at radius 1 is 1.33 bits per heavy atom. The lowest BCUT2D eigenvalue weighted by molar-refractivity contribution is 0.0183. The molecule has 0 radical (unpaired) electrons. The quantitative estimate of drug-likeness (QED) is 0.803. The summed E-state index contributed by atoms with van der Waals surface area (Å²) in [6.07, 6.45) is 2.39. The van der Waals surface area contributed by atoms with Crippen molar-refractivity contribution in [2.45, 2.75) is 38.9 Å². The maximum Gasteiger partial charge on any atom is 0.128 e. The predicted molar refractivity (Wildman–Crippen MR) is 85.2 cm³/mol. The fourth-order valence-corrected chi connectivity index (χ4v) is 2.83. The fraction of sp³-hybridized carbons (Fsp3) is 0.625. The van der Waals surface area contributed by atoms with Crippen molar-refractivity contribution >= 4 is 15.9 Å². The Morgan fingerprint density at radius 3 is 2.81 bits per heavy atom. The molecule has 0 aliphatic carbocycles. The van der Waals surface area contributed by atoms with Gasteiger partial charge in [-0.05, 0) is 37.4 Å². The van der Waals surface area contributed by atoms with E-state index in [9.17, 15) is 4.39 Å². The smallest absolute Gasteiger partial charge is 0.128 e. The van der Waals surface area contributed by atoms with Crippen molar-refractivity contribution in [1.29, 1.82) is 0 Å². The Labute approximate surface area is 134 Å². The second kappa shape index (κ2) is 8.11. The van der Waals surface area contributed by atoms with Gasteiger partial charge in [-0.25, -0.2) is 4.39 Å². The van der Waals surface area contributed by atoms with Gasteiger partial charge in [-0.3, -0.25) is 0 Å². The van der Waals surface area contributed by atoms with Crippen LogP contribution in [0.2, 0.25) is 0 Å². The normalized spacial score (nSPS) is 22.0. The summed E-state index contributed by atoms with van der Waals surface area (Å²) in [6, 6.07) is 4.57. The third-order valence-corrected chi connectivity index (χ3v) is 3.85. The van der Waals surface area contributed by atoms with Gasteiger partial charge in [0.15, 0.2) is 0 Å². The lowest BCUT2D eigenvalue weighted by Gasteiger charge is -2.16. The summed E-state index contributed by atoms with van der Waals surface area (Å²) >= 11 is 3.26. The number of nitrogens with one attached hydrogen (secondary N) is 1. The van der Waals surface area contributed by atoms with Gasteiger partial charge < -0.3 is 14.8 Å². The highest BCUT2D eigenvalue weighted by atomic mass is 79.9. The summed E-state index contributed by atoms with van der Waals surface area (Å²) in [6.45, 7) is 6.75. The molecule has 1 fully saturated rings. The molecule has 1 heterocycles. The summed E-state index contributed by atoms with van der Waals surface area (Å²) in [5, 5.41) is 3.41. The van der Waals surface area contributed by atoms with Gasteiger partial charge in [-0.15, -0.1) is 0 Å². The lowest BCUT2D eigenvalue weighted by atomic mass is 10.2. The van der Waals surface area contributed by atoms with Gasteiger partial charge in [0.1, 0.15) is 18.2 Å². The first kappa shape index (κ1) is 16.7. The molecule has 1 aromatic rings. The van der Waals surface area contributed by atoms with E-state index in [0.29, 0.717) is 22.7 Å². The van der Waals surface area contributed by atoms with Crippen LogP contribution < -0.4 is 10.1 Å². The average molecular weight is 360 g/mol. The van der Waals surface area contributed by atoms with E-state index in [4.69, 9.17) is 9.47 Å². The Balaban J connectivity index is 1.70. The first-order chi connectivity index (χ1) is 10.0. The van der Waals surface area contributed by atoms with Crippen LogP contribution in [0.1, 0.15) is 26.7 Å². The summed E-state index contributed by atoms with van der Waals surface area (Å²) < 4.78 is 25.5. The molecule has 1 saturated heterocycles. The monoisotopic (exact) mass is 359 g/mol. The zero-order valence-corrected chi connectivity index (χ0v) is 14.2. The van der Waals surface area contributed by atoms with Gasteiger partial charge in [0.25, 0.3) is 0 Å². The fourth-order valence-electron chi connectivity index (χ4n) is 2.39. The minimum Gasteiger partial charge on any atom is -0.491 e. The van der Waals surface area contributed by atoms with Crippen molar-refractivity contribution in [3.05, 3.63) is 28.5 Å². The number of rotatable bonds is 7. The minimum atomic E-state index is -0.303. The molecule has 0 amide bonds. The first-order valence-corrected chi connectivity index (χ1v) is 8.27. The van der Waals surface area contributed by atoms with Gasteiger partial charge in [-0.2, -0.15) is 0 Å². The molecule has 0 bridgehead atoms. The molecule has 0 spiro atoms. The third-order valence-electron chi connectivity index (χ3n) is 3.39. The van der Waals surface area contributed by atoms with Gasteiger partial charge >= 0.3 is 0 Å². The second-order valence-corrected chi connectivity index (χ2v) is 6.84. The lowest BCUT2D eigenvalue weighted by Crippen LogP contribution is -2.30. The van der Waals surface area contributed by atoms with Crippen molar-refractivity contribution in [2.75, 3.05) is 19.7 Å². The molecule has 2 unspecified atom stereocenters. The van der Waals surface area contributed by atoms with Gasteiger partial charge in [0.2, 0.25) is 0 Å². The number of hydrogen-bond acceptors (Lipinski definition) is 3. The average Bonchev–Trinajstić information content (AvgIpc) is 2.83. The third kappa shape index (κ3) is 5.93. The van der Waals surface area contributed by atoms with E-state index in [1.165, 1.54) is 12.1 Å². The maximum absolute atomic E-state index is 13.2. The van der Waals surface area contributed by atoms with Crippen molar-refractivity contribution in [3.63, 3.8) is 0 Å². The number of benzene rings is 1. The molecule has 1 aliphatic heterocycles. The van der Waals surface area contributed by atoms with Crippen LogP contribution in [-0.2, 0) is 4.74 Å². The molecule has 21 heavy (non-hydrogen) atoms. The summed E-state index contributed by atoms with van der Waals surface area (Å²) in [5.41, 5.74) is 0. The van der Waals surface area contributed by atoms with Crippen molar-refractivity contribution < 1.29 is 13.9 Å². The zero-order chi connectivity index (χ0) is 15.2. The zero-order valence-electron chi connectivity index (χ0n) is 12.6. The van der Waals surface area contributed by atoms with Crippen LogP contribution in [0, 0.1) is 11.7 Å². The van der Waals surface area contributed by atoms with Crippen LogP contribution in [0.3, 0.4) is 0 Å². The molecule has 1 N–H and O–H groups in total. The van der Waals surface area contributed by atoms with E-state index in [0.717, 1.165) is 25.9 Å². The van der Waals surface area contributed by atoms with E-state index in [2.05, 4.69) is 35.1 Å². The Morgan fingerprint density at radius 2 is 2.10 bits per heavy atom. The number of halogens is 2. The van der Waals surface area contributed by atoms with Crippen molar-refractivity contribution in [2.24, 2.45) is 5.92 Å². The largest absolute Gasteiger partial charge is 0.491 e. The SMILES string of the molecule is CC(C)CNCC1CCC(COc2cc(F)cc(Br)c2)O1. The second-order valence-electron chi connectivity index (χ2n) is 5.93. The van der Waals surface area contributed by atoms with Gasteiger partial charge in [0.05, 0.1) is 12.2 Å². The molecular weight excluding hydrogens is 337 g/mol. The molecular formula is C16H23BrFNO2. The topological polar surface area (TPSA) is 30.5 Å². The van der Waals surface area contributed by atoms with E-state index in [-0.39, 0.29) is 18.0 Å². The van der Waals surface area contributed by atoms with Crippen LogP contribution in [0.15, 0.2) is 22.7 Å². The van der Waals surface area contributed by atoms with Crippen molar-refractivity contribution in [3.8, 4) is 5.75 Å². The molecule has 5 heteroatoms. The Bertz CT molecular complexity index is 436. The van der Waals surface area contributed by atoms with E-state index in [1.807, 2.05) is 0 Å². The predicted octanol–water partition coefficient (Wildman–Crippen LogP) is 3.76. The number of ether oxygens (including phenoxy) is 2. The highest BCUT2D eigenvalue weighted by Gasteiger charge is 2.25. The van der Waals surface area contributed by atoms with Crippen LogP contribution in [-0.4, -0.2) is 31.9 Å². The molecule has 3 nitrogen and oxygen atoms in total. The van der Waals surface area contributed by atoms with E-state index in [1.54, 1.807) is 6.07 Å². The molecule has 2 rings (SSSR count). The number of hydrogen-bond donors (Lipinski definition) is 1. The van der Waals surface area contributed by atoms with E-state index < -0.39 is 0 Å². The van der Waals surface area contributed by atoms with Gasteiger partial charge in [-0.1, -0.05) is 29.8 Å². The summed E-state index contributed by atoms with van der Waals surface area (Å²) in [7, 11) is 0. The van der Waals surface area contributed by atoms with Crippen LogP contribution in [0.5, 0.6) is 5.75 Å². The minimum absolute atomic E-state index is 0.0953. The highest BCUT2D eigenvalue weighted by molar-refractivity contribution is 9.10. The van der Waals surface area contributed by atoms with Crippen LogP contribution >= 0.6 is 15.9 Å². The highest BCUT2D eigenvalue weighted by Crippen LogP contribution is 2.23. The summed E-state index contributed by atoms with van der Waals surface area (Å²) in [5.74, 6) is 0.881. The maximum atomic E-state index is 13.2. The standard InChI is InChI=1S/C16H23BrFNO2/c1-11(2)8-19-9-14-3-4-15(21-14)10-20-16-6-12(17)5-13(18)7-16/h5-7,11,14-15,19H,3-4,8-10H2,1-2H3. The van der Waals surface area contributed by atoms with Crippen LogP contribution in [0.4, 0.5) is 4.39 Å². The van der Waals surface area contributed by atoms with Crippen molar-refractivity contribution in [1.82, 2.24) is 5.32 Å². The van der Waals surface area contributed by atoms with Crippen LogP contribution in [0.25, 0.3) is 0 Å². The molecule has 0 saturated carbocycles. The van der Waals surface area contributed by atoms with E-state index >= 15 is 0 Å². The summed E-state index contributed by atoms with van der Waals surface area (Å²) in [4.78, 5) is 0. The molecule has 0 aromatic heterocycles. The molecule has 1 aliphatic rings.